The van der Waals surface area contributed by atoms with E-state index < -0.39 is 65.8 Å². The zero-order chi connectivity index (χ0) is 31.4. The number of nitrogens with zero attached hydrogens (tertiary/aromatic N) is 1. The minimum absolute atomic E-state index is 0.0624. The highest BCUT2D eigenvalue weighted by molar-refractivity contribution is 5.84. The van der Waals surface area contributed by atoms with Gasteiger partial charge in [-0.1, -0.05) is 6.07 Å². The van der Waals surface area contributed by atoms with Crippen LogP contribution in [0.3, 0.4) is 0 Å². The van der Waals surface area contributed by atoms with E-state index in [4.69, 9.17) is 29.2 Å². The number of aliphatic hydroxyl groups excluding tert-OH is 1. The smallest absolute Gasteiger partial charge is 0.490 e. The van der Waals surface area contributed by atoms with Crippen molar-refractivity contribution < 1.29 is 72.1 Å². The summed E-state index contributed by atoms with van der Waals surface area (Å²) in [5.74, 6) is -6.01. The Labute approximate surface area is 235 Å². The quantitative estimate of drug-likeness (QED) is 0.284. The Bertz CT molecular complexity index is 1350. The monoisotopic (exact) mass is 603 g/mol. The maximum Gasteiger partial charge on any atom is 0.490 e. The number of phenolic OH excluding ortho intramolecular Hbond substituents is 1. The number of hydrogen-bond acceptors (Lipinski definition) is 11. The van der Waals surface area contributed by atoms with Gasteiger partial charge in [-0.25, -0.2) is 14.4 Å². The molecule has 5 rings (SSSR count). The number of ether oxygens (including phenoxy) is 3. The summed E-state index contributed by atoms with van der Waals surface area (Å²) in [5, 5.41) is 48.0. The van der Waals surface area contributed by atoms with Gasteiger partial charge in [-0.05, 0) is 51.1 Å². The lowest BCUT2D eigenvalue weighted by Gasteiger charge is -2.61. The molecule has 2 aliphatic carbocycles. The van der Waals surface area contributed by atoms with Crippen LogP contribution in [0.2, 0.25) is 0 Å². The first-order valence-electron chi connectivity index (χ1n) is 12.7. The van der Waals surface area contributed by atoms with Crippen LogP contribution in [0.5, 0.6) is 11.5 Å². The highest BCUT2D eigenvalue weighted by atomic mass is 19.4. The molecular formula is C26H28F3NO12. The van der Waals surface area contributed by atoms with E-state index in [0.717, 1.165) is 11.1 Å². The van der Waals surface area contributed by atoms with Crippen molar-refractivity contribution in [2.45, 2.75) is 74.2 Å². The normalized spacial score (nSPS) is 28.5. The molecule has 0 amide bonds. The molecule has 0 unspecified atom stereocenters. The lowest BCUT2D eigenvalue weighted by atomic mass is 9.50. The van der Waals surface area contributed by atoms with Gasteiger partial charge in [0.2, 0.25) is 0 Å². The van der Waals surface area contributed by atoms with Crippen LogP contribution in [-0.4, -0.2) is 104 Å². The Hall–Kier alpha value is -3.89. The van der Waals surface area contributed by atoms with Crippen LogP contribution in [-0.2, 0) is 40.5 Å². The number of carbonyl (C=O) groups excluding carboxylic acids is 2. The molecule has 1 fully saturated rings. The third kappa shape index (κ3) is 5.03. The fourth-order valence-electron chi connectivity index (χ4n) is 6.19. The SMILES string of the molecule is C[C@H](OC(=O)[C@@H](O)CC(=O)O)C(=O)OC1=CC[C@@]2(O)[C@H]3Cc4ccc(O)c5c4[C@@]2(CCN3C)[C@H]1O5.O=C(O)C(F)(F)F. The van der Waals surface area contributed by atoms with Crippen molar-refractivity contribution >= 4 is 23.9 Å². The molecule has 5 N–H and O–H groups in total. The summed E-state index contributed by atoms with van der Waals surface area (Å²) in [6, 6.07) is 3.19. The molecule has 13 nitrogen and oxygen atoms in total. The molecule has 1 spiro atoms. The first kappa shape index (κ1) is 31.1. The highest BCUT2D eigenvalue weighted by Crippen LogP contribution is 2.65. The summed E-state index contributed by atoms with van der Waals surface area (Å²) in [5.41, 5.74) is -0.449. The van der Waals surface area contributed by atoms with Gasteiger partial charge in [0.1, 0.15) is 5.76 Å². The van der Waals surface area contributed by atoms with E-state index in [2.05, 4.69) is 4.90 Å². The Morgan fingerprint density at radius 1 is 1.19 bits per heavy atom. The molecule has 1 aromatic rings. The van der Waals surface area contributed by atoms with Gasteiger partial charge in [0.05, 0.1) is 17.4 Å². The number of esters is 2. The topological polar surface area (TPSA) is 200 Å². The number of phenols is 1. The van der Waals surface area contributed by atoms with Crippen LogP contribution in [0.15, 0.2) is 24.0 Å². The van der Waals surface area contributed by atoms with Crippen molar-refractivity contribution in [1.29, 1.82) is 0 Å². The molecule has 0 saturated carbocycles. The van der Waals surface area contributed by atoms with Gasteiger partial charge in [0.15, 0.2) is 29.8 Å². The summed E-state index contributed by atoms with van der Waals surface area (Å²) in [7, 11) is 1.96. The Morgan fingerprint density at radius 2 is 1.83 bits per heavy atom. The summed E-state index contributed by atoms with van der Waals surface area (Å²) < 4.78 is 48.4. The molecule has 1 saturated heterocycles. The highest BCUT2D eigenvalue weighted by Gasteiger charge is 2.72. The predicted octanol–water partition coefficient (Wildman–Crippen LogP) is 0.614. The van der Waals surface area contributed by atoms with Gasteiger partial charge in [0, 0.05) is 18.0 Å². The molecule has 6 atom stereocenters. The molecule has 2 bridgehead atoms. The maximum atomic E-state index is 12.8. The number of alkyl halides is 3. The molecule has 0 radical (unpaired) electrons. The van der Waals surface area contributed by atoms with Crippen molar-refractivity contribution in [2.75, 3.05) is 13.6 Å². The number of carboxylic acid groups (broad SMARTS) is 2. The molecular weight excluding hydrogens is 575 g/mol. The van der Waals surface area contributed by atoms with Gasteiger partial charge >= 0.3 is 30.1 Å². The zero-order valence-electron chi connectivity index (χ0n) is 22.3. The molecule has 16 heteroatoms. The number of halogens is 3. The van der Waals surface area contributed by atoms with E-state index in [1.54, 1.807) is 12.1 Å². The maximum absolute atomic E-state index is 12.8. The number of likely N-dealkylation sites (tertiary alicyclic amines) is 1. The fourth-order valence-corrected chi connectivity index (χ4v) is 6.19. The van der Waals surface area contributed by atoms with E-state index in [1.807, 2.05) is 13.1 Å². The van der Waals surface area contributed by atoms with Crippen LogP contribution < -0.4 is 4.74 Å². The Balaban J connectivity index is 0.000000517. The minimum Gasteiger partial charge on any atom is -0.504 e. The zero-order valence-corrected chi connectivity index (χ0v) is 22.3. The third-order valence-corrected chi connectivity index (χ3v) is 8.08. The van der Waals surface area contributed by atoms with Crippen LogP contribution in [0.25, 0.3) is 0 Å². The molecule has 1 aromatic carbocycles. The second-order valence-corrected chi connectivity index (χ2v) is 10.5. The number of aromatic hydroxyl groups is 1. The van der Waals surface area contributed by atoms with Crippen LogP contribution >= 0.6 is 0 Å². The third-order valence-electron chi connectivity index (χ3n) is 8.08. The molecule has 42 heavy (non-hydrogen) atoms. The summed E-state index contributed by atoms with van der Waals surface area (Å²) >= 11 is 0. The largest absolute Gasteiger partial charge is 0.504 e. The molecule has 230 valence electrons. The van der Waals surface area contributed by atoms with E-state index >= 15 is 0 Å². The van der Waals surface area contributed by atoms with Gasteiger partial charge in [0.25, 0.3) is 0 Å². The average molecular weight is 603 g/mol. The van der Waals surface area contributed by atoms with Gasteiger partial charge < -0.3 is 44.6 Å². The standard InChI is InChI=1S/C24H27NO10.C2HF3O2/c1-11(33-22(31)14(27)10-17(28)29)21(30)34-15-5-6-24(32)16-9-12-3-4-13(26)19-18(12)23(24,20(15)35-19)7-8-25(16)2;3-2(4,5)1(6)7/h3-5,11,14,16,20,26-27,32H,6-10H2,1-2H3,(H,28,29);(H,6,7)/t11-,14-,16+,20-,23-,24+;/m0./s1. The number of aliphatic hydroxyl groups is 2. The average Bonchev–Trinajstić information content (AvgIpc) is 3.24. The fraction of sp³-hybridized carbons (Fsp3) is 0.538. The van der Waals surface area contributed by atoms with Crippen LogP contribution in [0, 0.1) is 0 Å². The summed E-state index contributed by atoms with van der Waals surface area (Å²) in [6.07, 6.45) is -7.31. The minimum atomic E-state index is -5.08. The van der Waals surface area contributed by atoms with E-state index in [1.165, 1.54) is 6.92 Å². The number of likely N-dealkylation sites (N-methyl/N-ethyl adjacent to an activating group) is 1. The van der Waals surface area contributed by atoms with Gasteiger partial charge in [-0.3, -0.25) is 4.79 Å². The number of rotatable bonds is 6. The lowest BCUT2D eigenvalue weighted by Crippen LogP contribution is -2.74. The van der Waals surface area contributed by atoms with E-state index in [9.17, 15) is 42.9 Å². The lowest BCUT2D eigenvalue weighted by molar-refractivity contribution is -0.192. The van der Waals surface area contributed by atoms with Crippen molar-refractivity contribution in [3.8, 4) is 11.5 Å². The van der Waals surface area contributed by atoms with Gasteiger partial charge in [-0.15, -0.1) is 0 Å². The first-order chi connectivity index (χ1) is 19.4. The molecule has 2 heterocycles. The number of benzene rings is 1. The predicted molar refractivity (Wildman–Crippen MR) is 130 cm³/mol. The van der Waals surface area contributed by atoms with E-state index in [-0.39, 0.29) is 29.7 Å². The van der Waals surface area contributed by atoms with Crippen molar-refractivity contribution in [3.05, 3.63) is 35.1 Å². The first-order valence-corrected chi connectivity index (χ1v) is 12.7. The van der Waals surface area contributed by atoms with Crippen LogP contribution in [0.4, 0.5) is 13.2 Å². The van der Waals surface area contributed by atoms with Crippen molar-refractivity contribution in [2.24, 2.45) is 0 Å². The number of piperidine rings is 1. The Kier molecular flexibility index (Phi) is 7.94. The Morgan fingerprint density at radius 3 is 2.43 bits per heavy atom. The van der Waals surface area contributed by atoms with E-state index in [0.29, 0.717) is 19.4 Å². The van der Waals surface area contributed by atoms with Crippen LogP contribution in [0.1, 0.15) is 37.3 Å². The second-order valence-electron chi connectivity index (χ2n) is 10.5. The number of carboxylic acids is 2. The number of hydrogen-bond donors (Lipinski definition) is 5. The molecule has 2 aliphatic heterocycles. The summed E-state index contributed by atoms with van der Waals surface area (Å²) in [4.78, 5) is 46.4. The molecule has 0 aromatic heterocycles. The van der Waals surface area contributed by atoms with Gasteiger partial charge in [-0.2, -0.15) is 13.2 Å². The number of aliphatic carboxylic acids is 2. The van der Waals surface area contributed by atoms with Crippen molar-refractivity contribution in [3.63, 3.8) is 0 Å². The summed E-state index contributed by atoms with van der Waals surface area (Å²) in [6.45, 7) is 1.91. The molecule has 4 aliphatic rings. The second kappa shape index (κ2) is 10.7. The van der Waals surface area contributed by atoms with Crippen molar-refractivity contribution in [1.82, 2.24) is 4.90 Å². The number of carbonyl (C=O) groups is 4.